The minimum absolute atomic E-state index is 0.0754. The zero-order chi connectivity index (χ0) is 16.9. The second kappa shape index (κ2) is 7.72. The van der Waals surface area contributed by atoms with Crippen molar-refractivity contribution in [3.8, 4) is 5.75 Å². The van der Waals surface area contributed by atoms with Gasteiger partial charge in [-0.25, -0.2) is 4.98 Å². The maximum Gasteiger partial charge on any atom is 0.234 e. The predicted molar refractivity (Wildman–Crippen MR) is 101 cm³/mol. The number of benzene rings is 2. The average molecular weight is 406 g/mol. The number of anilines is 1. The van der Waals surface area contributed by atoms with Gasteiger partial charge in [-0.2, -0.15) is 0 Å². The molecule has 0 atom stereocenters. The van der Waals surface area contributed by atoms with Crippen molar-refractivity contribution in [1.29, 1.82) is 0 Å². The molecule has 0 aliphatic rings. The highest BCUT2D eigenvalue weighted by molar-refractivity contribution is 9.10. The molecular formula is C17H16BrN3O2S. The number of hydrogen-bond acceptors (Lipinski definition) is 4. The summed E-state index contributed by atoms with van der Waals surface area (Å²) in [5.74, 6) is 1.01. The van der Waals surface area contributed by atoms with Crippen LogP contribution < -0.4 is 10.1 Å². The molecule has 0 radical (unpaired) electrons. The lowest BCUT2D eigenvalue weighted by Crippen LogP contribution is -2.14. The van der Waals surface area contributed by atoms with E-state index in [-0.39, 0.29) is 11.7 Å². The maximum absolute atomic E-state index is 12.0. The van der Waals surface area contributed by atoms with Crippen LogP contribution in [-0.2, 0) is 4.79 Å². The number of thioether (sulfide) groups is 1. The average Bonchev–Trinajstić information content (AvgIpc) is 2.95. The summed E-state index contributed by atoms with van der Waals surface area (Å²) in [6.45, 7) is 2.57. The summed E-state index contributed by atoms with van der Waals surface area (Å²) < 4.78 is 6.40. The molecule has 3 aromatic rings. The van der Waals surface area contributed by atoms with Crippen LogP contribution in [0.1, 0.15) is 6.92 Å². The first-order chi connectivity index (χ1) is 11.6. The number of aromatic nitrogens is 2. The summed E-state index contributed by atoms with van der Waals surface area (Å²) >= 11 is 4.75. The van der Waals surface area contributed by atoms with Crippen LogP contribution in [0.15, 0.2) is 52.1 Å². The van der Waals surface area contributed by atoms with Crippen LogP contribution in [0.25, 0.3) is 11.0 Å². The van der Waals surface area contributed by atoms with Gasteiger partial charge in [0.25, 0.3) is 0 Å². The van der Waals surface area contributed by atoms with E-state index in [2.05, 4.69) is 31.2 Å². The molecule has 1 heterocycles. The van der Waals surface area contributed by atoms with Crippen LogP contribution in [0, 0.1) is 0 Å². The van der Waals surface area contributed by atoms with Crippen molar-refractivity contribution < 1.29 is 9.53 Å². The third kappa shape index (κ3) is 4.30. The van der Waals surface area contributed by atoms with Crippen molar-refractivity contribution in [3.63, 3.8) is 0 Å². The van der Waals surface area contributed by atoms with E-state index in [9.17, 15) is 4.79 Å². The van der Waals surface area contributed by atoms with Crippen LogP contribution >= 0.6 is 27.7 Å². The van der Waals surface area contributed by atoms with Gasteiger partial charge in [0.05, 0.1) is 23.4 Å². The molecule has 0 saturated heterocycles. The number of hydrogen-bond donors (Lipinski definition) is 2. The number of carbonyl (C=O) groups is 1. The fourth-order valence-electron chi connectivity index (χ4n) is 2.19. The molecule has 124 valence electrons. The molecule has 0 fully saturated rings. The minimum atomic E-state index is -0.0754. The van der Waals surface area contributed by atoms with Crippen LogP contribution in [0.2, 0.25) is 0 Å². The monoisotopic (exact) mass is 405 g/mol. The van der Waals surface area contributed by atoms with Crippen molar-refractivity contribution in [2.24, 2.45) is 0 Å². The van der Waals surface area contributed by atoms with Gasteiger partial charge in [-0.05, 0) is 37.3 Å². The first kappa shape index (κ1) is 16.9. The van der Waals surface area contributed by atoms with Gasteiger partial charge < -0.3 is 15.0 Å². The number of halogens is 1. The summed E-state index contributed by atoms with van der Waals surface area (Å²) in [6.07, 6.45) is 0. The fourth-order valence-corrected chi connectivity index (χ4v) is 3.27. The molecule has 5 nitrogen and oxygen atoms in total. The predicted octanol–water partition coefficient (Wildman–Crippen LogP) is 4.45. The lowest BCUT2D eigenvalue weighted by Gasteiger charge is -2.04. The van der Waals surface area contributed by atoms with E-state index in [1.807, 2.05) is 49.4 Å². The number of H-pyrrole nitrogens is 1. The van der Waals surface area contributed by atoms with E-state index in [1.165, 1.54) is 11.8 Å². The van der Waals surface area contributed by atoms with Crippen molar-refractivity contribution in [2.75, 3.05) is 17.7 Å². The topological polar surface area (TPSA) is 67.0 Å². The maximum atomic E-state index is 12.0. The van der Waals surface area contributed by atoms with Crippen molar-refractivity contribution >= 4 is 50.3 Å². The molecular weight excluding hydrogens is 390 g/mol. The Morgan fingerprint density at radius 1 is 1.33 bits per heavy atom. The standard InChI is InChI=1S/C17H16BrN3O2S/c1-2-23-13-6-7-14-15(9-13)21-17(20-14)24-10-16(22)19-12-5-3-4-11(18)8-12/h3-9H,2,10H2,1H3,(H,19,22)(H,20,21). The second-order valence-electron chi connectivity index (χ2n) is 5.00. The van der Waals surface area contributed by atoms with Crippen molar-refractivity contribution in [2.45, 2.75) is 12.1 Å². The molecule has 2 N–H and O–H groups in total. The number of nitrogens with one attached hydrogen (secondary N) is 2. The van der Waals surface area contributed by atoms with Gasteiger partial charge >= 0.3 is 0 Å². The fraction of sp³-hybridized carbons (Fsp3) is 0.176. The molecule has 1 amide bonds. The minimum Gasteiger partial charge on any atom is -0.494 e. The Labute approximate surface area is 152 Å². The summed E-state index contributed by atoms with van der Waals surface area (Å²) in [7, 11) is 0. The van der Waals surface area contributed by atoms with Crippen LogP contribution in [-0.4, -0.2) is 28.2 Å². The van der Waals surface area contributed by atoms with E-state index >= 15 is 0 Å². The Kier molecular flexibility index (Phi) is 5.42. The number of fused-ring (bicyclic) bond motifs is 1. The number of nitrogens with zero attached hydrogens (tertiary/aromatic N) is 1. The molecule has 2 aromatic carbocycles. The van der Waals surface area contributed by atoms with Crippen LogP contribution in [0.5, 0.6) is 5.75 Å². The first-order valence-electron chi connectivity index (χ1n) is 7.45. The molecule has 0 unspecified atom stereocenters. The number of carbonyl (C=O) groups excluding carboxylic acids is 1. The Hall–Kier alpha value is -1.99. The van der Waals surface area contributed by atoms with Crippen molar-refractivity contribution in [3.05, 3.63) is 46.9 Å². The molecule has 1 aromatic heterocycles. The van der Waals surface area contributed by atoms with Crippen molar-refractivity contribution in [1.82, 2.24) is 9.97 Å². The lowest BCUT2D eigenvalue weighted by atomic mass is 10.3. The molecule has 0 bridgehead atoms. The van der Waals surface area contributed by atoms with Gasteiger partial charge in [-0.1, -0.05) is 33.8 Å². The summed E-state index contributed by atoms with van der Waals surface area (Å²) in [5.41, 5.74) is 2.52. The molecule has 0 spiro atoms. The quantitative estimate of drug-likeness (QED) is 0.594. The van der Waals surface area contributed by atoms with Gasteiger partial charge in [-0.15, -0.1) is 0 Å². The van der Waals surface area contributed by atoms with Gasteiger partial charge in [0.2, 0.25) is 5.91 Å². The van der Waals surface area contributed by atoms with Gasteiger partial charge in [0.15, 0.2) is 5.16 Å². The molecule has 0 saturated carbocycles. The van der Waals surface area contributed by atoms with E-state index in [0.29, 0.717) is 11.8 Å². The highest BCUT2D eigenvalue weighted by Gasteiger charge is 2.08. The highest BCUT2D eigenvalue weighted by Crippen LogP contribution is 2.23. The van der Waals surface area contributed by atoms with Gasteiger partial charge in [0, 0.05) is 16.2 Å². The number of imidazole rings is 1. The van der Waals surface area contributed by atoms with E-state index < -0.39 is 0 Å². The smallest absolute Gasteiger partial charge is 0.234 e. The highest BCUT2D eigenvalue weighted by atomic mass is 79.9. The van der Waals surface area contributed by atoms with Gasteiger partial charge in [0.1, 0.15) is 5.75 Å². The second-order valence-corrected chi connectivity index (χ2v) is 6.88. The summed E-state index contributed by atoms with van der Waals surface area (Å²) in [4.78, 5) is 19.7. The largest absolute Gasteiger partial charge is 0.494 e. The Morgan fingerprint density at radius 3 is 3.00 bits per heavy atom. The third-order valence-corrected chi connectivity index (χ3v) is 4.56. The van der Waals surface area contributed by atoms with E-state index in [1.54, 1.807) is 0 Å². The van der Waals surface area contributed by atoms with Crippen LogP contribution in [0.4, 0.5) is 5.69 Å². The Bertz CT molecular complexity index is 866. The molecule has 0 aliphatic heterocycles. The number of ether oxygens (including phenoxy) is 1. The van der Waals surface area contributed by atoms with E-state index in [0.717, 1.165) is 26.9 Å². The SMILES string of the molecule is CCOc1ccc2nc(SCC(=O)Nc3cccc(Br)c3)[nH]c2c1. The molecule has 3 rings (SSSR count). The van der Waals surface area contributed by atoms with Gasteiger partial charge in [-0.3, -0.25) is 4.79 Å². The summed E-state index contributed by atoms with van der Waals surface area (Å²) in [5, 5.41) is 3.57. The molecule has 7 heteroatoms. The van der Waals surface area contributed by atoms with Crippen LogP contribution in [0.3, 0.4) is 0 Å². The third-order valence-electron chi connectivity index (χ3n) is 3.19. The summed E-state index contributed by atoms with van der Waals surface area (Å²) in [6, 6.07) is 13.2. The molecule has 0 aliphatic carbocycles. The Morgan fingerprint density at radius 2 is 2.21 bits per heavy atom. The first-order valence-corrected chi connectivity index (χ1v) is 9.22. The lowest BCUT2D eigenvalue weighted by molar-refractivity contribution is -0.113. The number of amides is 1. The number of rotatable bonds is 6. The normalized spacial score (nSPS) is 10.8. The zero-order valence-electron chi connectivity index (χ0n) is 13.0. The Balaban J connectivity index is 1.61. The molecule has 24 heavy (non-hydrogen) atoms. The zero-order valence-corrected chi connectivity index (χ0v) is 15.4. The number of aromatic amines is 1. The van der Waals surface area contributed by atoms with E-state index in [4.69, 9.17) is 4.74 Å².